The maximum atomic E-state index is 12.5. The summed E-state index contributed by atoms with van der Waals surface area (Å²) < 4.78 is 10.8. The summed E-state index contributed by atoms with van der Waals surface area (Å²) in [6, 6.07) is 14.7. The van der Waals surface area contributed by atoms with Gasteiger partial charge in [0, 0.05) is 0 Å². The van der Waals surface area contributed by atoms with Crippen LogP contribution in [0.3, 0.4) is 0 Å². The number of benzene rings is 2. The number of amides is 1. The molecule has 0 radical (unpaired) electrons. The van der Waals surface area contributed by atoms with Gasteiger partial charge in [0.05, 0.1) is 19.4 Å². The first kappa shape index (κ1) is 19.1. The Hall–Kier alpha value is -3.26. The predicted octanol–water partition coefficient (Wildman–Crippen LogP) is 4.34. The molecule has 0 saturated heterocycles. The highest BCUT2D eigenvalue weighted by Gasteiger charge is 2.12. The minimum Gasteiger partial charge on any atom is -0.495 e. The number of rotatable bonds is 7. The molecule has 0 saturated carbocycles. The number of anilines is 1. The van der Waals surface area contributed by atoms with Crippen molar-refractivity contribution in [2.45, 2.75) is 20.3 Å². The van der Waals surface area contributed by atoms with Crippen molar-refractivity contribution >= 4 is 17.7 Å². The van der Waals surface area contributed by atoms with Gasteiger partial charge in [-0.25, -0.2) is 0 Å². The SMILES string of the molecule is CCCOc1ccc(/C=C(\C#N)C(=O)Nc2cc(C)ccc2OC)cc1. The molecule has 0 aliphatic rings. The Morgan fingerprint density at radius 3 is 2.58 bits per heavy atom. The lowest BCUT2D eigenvalue weighted by molar-refractivity contribution is -0.112. The lowest BCUT2D eigenvalue weighted by Gasteiger charge is -2.10. The maximum Gasteiger partial charge on any atom is 0.266 e. The molecule has 1 amide bonds. The Balaban J connectivity index is 2.17. The van der Waals surface area contributed by atoms with E-state index in [4.69, 9.17) is 9.47 Å². The molecule has 1 N–H and O–H groups in total. The summed E-state index contributed by atoms with van der Waals surface area (Å²) in [5.41, 5.74) is 2.26. The van der Waals surface area contributed by atoms with Crippen LogP contribution in [-0.2, 0) is 4.79 Å². The first-order chi connectivity index (χ1) is 12.6. The maximum absolute atomic E-state index is 12.5. The van der Waals surface area contributed by atoms with Gasteiger partial charge in [-0.2, -0.15) is 5.26 Å². The number of hydrogen-bond donors (Lipinski definition) is 1. The van der Waals surface area contributed by atoms with Crippen molar-refractivity contribution in [3.05, 3.63) is 59.2 Å². The molecule has 0 aliphatic heterocycles. The lowest BCUT2D eigenvalue weighted by atomic mass is 10.1. The van der Waals surface area contributed by atoms with Gasteiger partial charge in [-0.1, -0.05) is 25.1 Å². The van der Waals surface area contributed by atoms with Crippen LogP contribution in [0.1, 0.15) is 24.5 Å². The normalized spacial score (nSPS) is 10.8. The summed E-state index contributed by atoms with van der Waals surface area (Å²) in [5.74, 6) is 0.817. The molecule has 2 aromatic rings. The van der Waals surface area contributed by atoms with Crippen LogP contribution in [0.15, 0.2) is 48.0 Å². The fraction of sp³-hybridized carbons (Fsp3) is 0.238. The lowest BCUT2D eigenvalue weighted by Crippen LogP contribution is -2.14. The van der Waals surface area contributed by atoms with Crippen LogP contribution in [0.25, 0.3) is 6.08 Å². The standard InChI is InChI=1S/C21H22N2O3/c1-4-11-26-18-8-6-16(7-9-18)13-17(14-22)21(24)23-19-12-15(2)5-10-20(19)25-3/h5-10,12-13H,4,11H2,1-3H3,(H,23,24)/b17-13+. The Bertz CT molecular complexity index is 833. The van der Waals surface area contributed by atoms with E-state index in [2.05, 4.69) is 5.32 Å². The third kappa shape index (κ3) is 5.12. The molecule has 2 aromatic carbocycles. The minimum atomic E-state index is -0.484. The van der Waals surface area contributed by atoms with Crippen LogP contribution in [0.2, 0.25) is 0 Å². The monoisotopic (exact) mass is 350 g/mol. The Morgan fingerprint density at radius 2 is 1.96 bits per heavy atom. The number of nitriles is 1. The van der Waals surface area contributed by atoms with Gasteiger partial charge >= 0.3 is 0 Å². The van der Waals surface area contributed by atoms with Crippen molar-refractivity contribution in [2.24, 2.45) is 0 Å². The molecule has 0 bridgehead atoms. The summed E-state index contributed by atoms with van der Waals surface area (Å²) in [5, 5.41) is 12.1. The van der Waals surface area contributed by atoms with Crippen LogP contribution in [0, 0.1) is 18.3 Å². The van der Waals surface area contributed by atoms with Crippen molar-refractivity contribution in [3.8, 4) is 17.6 Å². The third-order valence-electron chi connectivity index (χ3n) is 3.63. The fourth-order valence-electron chi connectivity index (χ4n) is 2.30. The molecule has 0 heterocycles. The summed E-state index contributed by atoms with van der Waals surface area (Å²) >= 11 is 0. The van der Waals surface area contributed by atoms with Crippen molar-refractivity contribution in [1.82, 2.24) is 0 Å². The van der Waals surface area contributed by atoms with Crippen molar-refractivity contribution in [1.29, 1.82) is 5.26 Å². The summed E-state index contributed by atoms with van der Waals surface area (Å²) in [7, 11) is 1.53. The van der Waals surface area contributed by atoms with Gasteiger partial charge in [-0.15, -0.1) is 0 Å². The molecular formula is C21H22N2O3. The largest absolute Gasteiger partial charge is 0.495 e. The Kier molecular flexibility index (Phi) is 6.81. The second kappa shape index (κ2) is 9.28. The molecule has 0 aliphatic carbocycles. The second-order valence-corrected chi connectivity index (χ2v) is 5.75. The number of carbonyl (C=O) groups is 1. The smallest absolute Gasteiger partial charge is 0.266 e. The highest BCUT2D eigenvalue weighted by atomic mass is 16.5. The molecular weight excluding hydrogens is 328 g/mol. The van der Waals surface area contributed by atoms with Crippen molar-refractivity contribution < 1.29 is 14.3 Å². The van der Waals surface area contributed by atoms with Crippen LogP contribution in [0.5, 0.6) is 11.5 Å². The van der Waals surface area contributed by atoms with Gasteiger partial charge in [0.25, 0.3) is 5.91 Å². The van der Waals surface area contributed by atoms with E-state index in [0.29, 0.717) is 18.0 Å². The van der Waals surface area contributed by atoms with Gasteiger partial charge in [0.1, 0.15) is 23.1 Å². The quantitative estimate of drug-likeness (QED) is 0.596. The van der Waals surface area contributed by atoms with Gasteiger partial charge in [0.15, 0.2) is 0 Å². The molecule has 26 heavy (non-hydrogen) atoms. The van der Waals surface area contributed by atoms with Gasteiger partial charge in [-0.3, -0.25) is 4.79 Å². The van der Waals surface area contributed by atoms with E-state index in [9.17, 15) is 10.1 Å². The fourth-order valence-corrected chi connectivity index (χ4v) is 2.30. The first-order valence-electron chi connectivity index (χ1n) is 8.38. The van der Waals surface area contributed by atoms with Gasteiger partial charge in [-0.05, 0) is 54.8 Å². The number of aryl methyl sites for hydroxylation is 1. The van der Waals surface area contributed by atoms with Crippen molar-refractivity contribution in [3.63, 3.8) is 0 Å². The summed E-state index contributed by atoms with van der Waals surface area (Å²) in [4.78, 5) is 12.5. The molecule has 0 unspecified atom stereocenters. The first-order valence-corrected chi connectivity index (χ1v) is 8.38. The van der Waals surface area contributed by atoms with Crippen molar-refractivity contribution in [2.75, 3.05) is 19.0 Å². The molecule has 0 aromatic heterocycles. The molecule has 0 atom stereocenters. The Labute approximate surface area is 153 Å². The number of nitrogens with zero attached hydrogens (tertiary/aromatic N) is 1. The Morgan fingerprint density at radius 1 is 1.23 bits per heavy atom. The van der Waals surface area contributed by atoms with Gasteiger partial charge in [0.2, 0.25) is 0 Å². The van der Waals surface area contributed by atoms with Crippen LogP contribution in [-0.4, -0.2) is 19.6 Å². The molecule has 0 spiro atoms. The van der Waals surface area contributed by atoms with E-state index in [0.717, 1.165) is 23.3 Å². The molecule has 134 valence electrons. The zero-order valence-electron chi connectivity index (χ0n) is 15.2. The molecule has 2 rings (SSSR count). The van der Waals surface area contributed by atoms with Crippen LogP contribution >= 0.6 is 0 Å². The number of hydrogen-bond acceptors (Lipinski definition) is 4. The van der Waals surface area contributed by atoms with E-state index >= 15 is 0 Å². The highest BCUT2D eigenvalue weighted by Crippen LogP contribution is 2.26. The molecule has 0 fully saturated rings. The predicted molar refractivity (Wildman–Crippen MR) is 102 cm³/mol. The highest BCUT2D eigenvalue weighted by molar-refractivity contribution is 6.10. The third-order valence-corrected chi connectivity index (χ3v) is 3.63. The zero-order valence-corrected chi connectivity index (χ0v) is 15.2. The number of carbonyl (C=O) groups excluding carboxylic acids is 1. The summed E-state index contributed by atoms with van der Waals surface area (Å²) in [6.45, 7) is 4.61. The molecule has 5 heteroatoms. The van der Waals surface area contributed by atoms with E-state index < -0.39 is 5.91 Å². The van der Waals surface area contributed by atoms with Gasteiger partial charge < -0.3 is 14.8 Å². The van der Waals surface area contributed by atoms with E-state index in [1.165, 1.54) is 7.11 Å². The van der Waals surface area contributed by atoms with E-state index in [-0.39, 0.29) is 5.57 Å². The van der Waals surface area contributed by atoms with Crippen LogP contribution < -0.4 is 14.8 Å². The average Bonchev–Trinajstić information content (AvgIpc) is 2.65. The minimum absolute atomic E-state index is 0.00999. The molecule has 5 nitrogen and oxygen atoms in total. The summed E-state index contributed by atoms with van der Waals surface area (Å²) in [6.07, 6.45) is 2.48. The number of methoxy groups -OCH3 is 1. The average molecular weight is 350 g/mol. The zero-order chi connectivity index (χ0) is 18.9. The van der Waals surface area contributed by atoms with E-state index in [1.54, 1.807) is 18.2 Å². The number of nitrogens with one attached hydrogen (secondary N) is 1. The number of ether oxygens (including phenoxy) is 2. The second-order valence-electron chi connectivity index (χ2n) is 5.75. The van der Waals surface area contributed by atoms with E-state index in [1.807, 2.05) is 50.2 Å². The topological polar surface area (TPSA) is 71.3 Å². The van der Waals surface area contributed by atoms with Crippen LogP contribution in [0.4, 0.5) is 5.69 Å².